The molecule has 0 aromatic carbocycles. The number of rotatable bonds is 9. The molecular formula is C17H28N2O3. The summed E-state index contributed by atoms with van der Waals surface area (Å²) in [7, 11) is 0. The number of ketones is 1. The van der Waals surface area contributed by atoms with Crippen LogP contribution in [0.2, 0.25) is 0 Å². The second-order valence-electron chi connectivity index (χ2n) is 6.08. The molecule has 22 heavy (non-hydrogen) atoms. The molecule has 0 spiro atoms. The highest BCUT2D eigenvalue weighted by molar-refractivity contribution is 6.33. The molecule has 0 heterocycles. The zero-order valence-electron chi connectivity index (χ0n) is 13.9. The van der Waals surface area contributed by atoms with E-state index in [1.54, 1.807) is 39.0 Å². The average Bonchev–Trinajstić information content (AvgIpc) is 2.40. The van der Waals surface area contributed by atoms with E-state index in [-0.39, 0.29) is 11.8 Å². The SMILES string of the molecule is C=CCC(CC=C)(CC=C)CC(=O)C(=O)OC(C)(C)C.N=N. The van der Waals surface area contributed by atoms with Crippen LogP contribution in [0.3, 0.4) is 0 Å². The Morgan fingerprint density at radius 2 is 1.32 bits per heavy atom. The Morgan fingerprint density at radius 3 is 1.59 bits per heavy atom. The van der Waals surface area contributed by atoms with Crippen LogP contribution in [-0.2, 0) is 14.3 Å². The molecule has 0 aromatic heterocycles. The number of esters is 1. The predicted molar refractivity (Wildman–Crippen MR) is 87.8 cm³/mol. The highest BCUT2D eigenvalue weighted by Gasteiger charge is 2.33. The molecule has 0 aromatic rings. The average molecular weight is 308 g/mol. The van der Waals surface area contributed by atoms with Gasteiger partial charge in [0.05, 0.1) is 0 Å². The number of carbonyl (C=O) groups excluding carboxylic acids is 2. The van der Waals surface area contributed by atoms with Crippen LogP contribution in [0.15, 0.2) is 38.0 Å². The predicted octanol–water partition coefficient (Wildman–Crippen LogP) is 4.60. The zero-order chi connectivity index (χ0) is 17.8. The van der Waals surface area contributed by atoms with Crippen molar-refractivity contribution in [3.63, 3.8) is 0 Å². The van der Waals surface area contributed by atoms with Gasteiger partial charge in [-0.2, -0.15) is 0 Å². The lowest BCUT2D eigenvalue weighted by Crippen LogP contribution is -2.33. The van der Waals surface area contributed by atoms with Crippen molar-refractivity contribution in [3.05, 3.63) is 38.0 Å². The van der Waals surface area contributed by atoms with Gasteiger partial charge in [0.1, 0.15) is 5.60 Å². The number of ether oxygens (including phenoxy) is 1. The van der Waals surface area contributed by atoms with Crippen molar-refractivity contribution in [2.24, 2.45) is 5.41 Å². The van der Waals surface area contributed by atoms with E-state index in [1.807, 2.05) is 0 Å². The van der Waals surface area contributed by atoms with Gasteiger partial charge < -0.3 is 4.74 Å². The van der Waals surface area contributed by atoms with Crippen LogP contribution in [-0.4, -0.2) is 17.4 Å². The summed E-state index contributed by atoms with van der Waals surface area (Å²) in [4.78, 5) is 23.9. The highest BCUT2D eigenvalue weighted by Crippen LogP contribution is 2.36. The van der Waals surface area contributed by atoms with Crippen molar-refractivity contribution < 1.29 is 14.3 Å². The Morgan fingerprint density at radius 1 is 0.955 bits per heavy atom. The Bertz CT molecular complexity index is 382. The zero-order valence-corrected chi connectivity index (χ0v) is 13.9. The van der Waals surface area contributed by atoms with Crippen molar-refractivity contribution in [1.29, 1.82) is 11.1 Å². The molecule has 0 amide bonds. The molecule has 2 N–H and O–H groups in total. The van der Waals surface area contributed by atoms with E-state index in [2.05, 4.69) is 19.7 Å². The third kappa shape index (κ3) is 9.00. The molecule has 5 nitrogen and oxygen atoms in total. The van der Waals surface area contributed by atoms with Crippen LogP contribution < -0.4 is 0 Å². The molecule has 0 unspecified atom stereocenters. The van der Waals surface area contributed by atoms with Gasteiger partial charge in [0.2, 0.25) is 5.78 Å². The number of hydrogen-bond acceptors (Lipinski definition) is 5. The Balaban J connectivity index is 0. The molecule has 0 aliphatic heterocycles. The second kappa shape index (κ2) is 10.7. The molecule has 0 rings (SSSR count). The molecule has 0 fully saturated rings. The van der Waals surface area contributed by atoms with Crippen molar-refractivity contribution >= 4 is 11.8 Å². The van der Waals surface area contributed by atoms with Crippen molar-refractivity contribution in [2.75, 3.05) is 0 Å². The van der Waals surface area contributed by atoms with E-state index in [0.29, 0.717) is 19.3 Å². The summed E-state index contributed by atoms with van der Waals surface area (Å²) < 4.78 is 5.11. The van der Waals surface area contributed by atoms with Crippen LogP contribution in [0.5, 0.6) is 0 Å². The fourth-order valence-electron chi connectivity index (χ4n) is 2.13. The number of Topliss-reactive ketones (excluding diaryl/α,β-unsaturated/α-hetero) is 1. The van der Waals surface area contributed by atoms with Gasteiger partial charge in [0.15, 0.2) is 0 Å². The molecule has 0 aliphatic carbocycles. The van der Waals surface area contributed by atoms with E-state index >= 15 is 0 Å². The molecule has 0 radical (unpaired) electrons. The van der Waals surface area contributed by atoms with Crippen molar-refractivity contribution in [1.82, 2.24) is 0 Å². The standard InChI is InChI=1S/C17H26O3.H2N2/c1-7-10-17(11-8-2,12-9-3)13-14(18)15(19)20-16(4,5)6;1-2/h7-9H,1-3,10-13H2,4-6H3;1-2H. The number of nitrogens with one attached hydrogen (secondary N) is 2. The summed E-state index contributed by atoms with van der Waals surface area (Å²) in [5.74, 6) is -1.29. The first kappa shape index (κ1) is 22.2. The second-order valence-corrected chi connectivity index (χ2v) is 6.08. The molecule has 124 valence electrons. The molecule has 0 bridgehead atoms. The smallest absolute Gasteiger partial charge is 0.375 e. The van der Waals surface area contributed by atoms with Gasteiger partial charge in [-0.15, -0.1) is 19.7 Å². The summed E-state index contributed by atoms with van der Waals surface area (Å²) in [6.07, 6.45) is 7.27. The normalized spacial score (nSPS) is 10.7. The van der Waals surface area contributed by atoms with Crippen molar-refractivity contribution in [2.45, 2.75) is 52.1 Å². The molecule has 0 aliphatic rings. The maximum absolute atomic E-state index is 12.1. The lowest BCUT2D eigenvalue weighted by Gasteiger charge is -2.30. The molecule has 0 saturated carbocycles. The number of hydrogen-bond donors (Lipinski definition) is 2. The maximum atomic E-state index is 12.1. The first-order valence-corrected chi connectivity index (χ1v) is 7.03. The quantitative estimate of drug-likeness (QED) is 0.282. The van der Waals surface area contributed by atoms with Gasteiger partial charge in [0, 0.05) is 6.42 Å². The monoisotopic (exact) mass is 308 g/mol. The Labute approximate surface area is 133 Å². The summed E-state index contributed by atoms with van der Waals surface area (Å²) in [5, 5.41) is 0. The van der Waals surface area contributed by atoms with Gasteiger partial charge in [-0.1, -0.05) is 18.2 Å². The lowest BCUT2D eigenvalue weighted by atomic mass is 9.74. The fourth-order valence-corrected chi connectivity index (χ4v) is 2.13. The largest absolute Gasteiger partial charge is 0.454 e. The fraction of sp³-hybridized carbons (Fsp3) is 0.529. The minimum Gasteiger partial charge on any atom is -0.454 e. The molecule has 0 saturated heterocycles. The van der Waals surface area contributed by atoms with Crippen LogP contribution in [0.25, 0.3) is 0 Å². The summed E-state index contributed by atoms with van der Waals surface area (Å²) >= 11 is 0. The molecule has 0 atom stereocenters. The third-order valence-corrected chi connectivity index (χ3v) is 2.89. The van der Waals surface area contributed by atoms with E-state index in [4.69, 9.17) is 15.8 Å². The maximum Gasteiger partial charge on any atom is 0.375 e. The Kier molecular flexibility index (Phi) is 10.8. The summed E-state index contributed by atoms with van der Waals surface area (Å²) in [6.45, 7) is 16.4. The highest BCUT2D eigenvalue weighted by atomic mass is 16.6. The van der Waals surface area contributed by atoms with Crippen LogP contribution in [0.1, 0.15) is 46.5 Å². The van der Waals surface area contributed by atoms with Gasteiger partial charge in [0.25, 0.3) is 0 Å². The van der Waals surface area contributed by atoms with Crippen molar-refractivity contribution in [3.8, 4) is 0 Å². The lowest BCUT2D eigenvalue weighted by molar-refractivity contribution is -0.163. The van der Waals surface area contributed by atoms with Gasteiger partial charge in [-0.25, -0.2) is 15.9 Å². The summed E-state index contributed by atoms with van der Waals surface area (Å²) in [5.41, 5.74) is 8.96. The topological polar surface area (TPSA) is 91.1 Å². The van der Waals surface area contributed by atoms with Gasteiger partial charge >= 0.3 is 5.97 Å². The van der Waals surface area contributed by atoms with Gasteiger partial charge in [-0.05, 0) is 45.4 Å². The van der Waals surface area contributed by atoms with Gasteiger partial charge in [-0.3, -0.25) is 4.79 Å². The van der Waals surface area contributed by atoms with E-state index in [0.717, 1.165) is 0 Å². The third-order valence-electron chi connectivity index (χ3n) is 2.89. The van der Waals surface area contributed by atoms with Crippen LogP contribution in [0, 0.1) is 16.5 Å². The number of allylic oxidation sites excluding steroid dienone is 3. The van der Waals surface area contributed by atoms with E-state index in [1.165, 1.54) is 0 Å². The van der Waals surface area contributed by atoms with E-state index in [9.17, 15) is 9.59 Å². The minimum atomic E-state index is -0.779. The number of carbonyl (C=O) groups is 2. The van der Waals surface area contributed by atoms with E-state index < -0.39 is 17.4 Å². The first-order chi connectivity index (χ1) is 10.2. The van der Waals surface area contributed by atoms with Crippen LogP contribution in [0.4, 0.5) is 0 Å². The Hall–Kier alpha value is -2.04. The van der Waals surface area contributed by atoms with Crippen LogP contribution >= 0.6 is 0 Å². The summed E-state index contributed by atoms with van der Waals surface area (Å²) in [6, 6.07) is 0. The molecule has 5 heteroatoms. The molecular weight excluding hydrogens is 280 g/mol. The minimum absolute atomic E-state index is 0.117. The first-order valence-electron chi connectivity index (χ1n) is 7.03.